The highest BCUT2D eigenvalue weighted by Gasteiger charge is 2.21. The molecule has 0 aliphatic heterocycles. The lowest BCUT2D eigenvalue weighted by Gasteiger charge is -2.02. The van der Waals surface area contributed by atoms with Crippen LogP contribution in [0, 0.1) is 22.9 Å². The predicted octanol–water partition coefficient (Wildman–Crippen LogP) is 4.01. The van der Waals surface area contributed by atoms with Gasteiger partial charge in [0.25, 0.3) is 5.69 Å². The fourth-order valence-corrected chi connectivity index (χ4v) is 2.30. The summed E-state index contributed by atoms with van der Waals surface area (Å²) < 4.78 is 19.8. The number of hydrogen-bond acceptors (Lipinski definition) is 5. The maximum absolute atomic E-state index is 13.6. The second-order valence-electron chi connectivity index (χ2n) is 4.35. The molecule has 0 unspecified atom stereocenters. The van der Waals surface area contributed by atoms with Crippen molar-refractivity contribution < 1.29 is 13.7 Å². The van der Waals surface area contributed by atoms with Crippen molar-refractivity contribution in [3.05, 3.63) is 50.4 Å². The summed E-state index contributed by atoms with van der Waals surface area (Å²) in [4.78, 5) is 18.5. The van der Waals surface area contributed by atoms with Crippen LogP contribution in [-0.4, -0.2) is 14.9 Å². The molecular weight excluding hydrogens is 345 g/mol. The number of nitro groups is 1. The van der Waals surface area contributed by atoms with E-state index in [1.165, 1.54) is 6.92 Å². The molecule has 0 fully saturated rings. The van der Waals surface area contributed by atoms with Crippen LogP contribution in [0.4, 0.5) is 10.1 Å². The zero-order valence-corrected chi connectivity index (χ0v) is 12.2. The molecule has 0 spiro atoms. The normalized spacial score (nSPS) is 11.0. The molecule has 1 aromatic carbocycles. The number of halogens is 2. The van der Waals surface area contributed by atoms with Gasteiger partial charge in [0.15, 0.2) is 11.2 Å². The molecule has 0 bridgehead atoms. The zero-order chi connectivity index (χ0) is 15.1. The number of pyridine rings is 1. The van der Waals surface area contributed by atoms with E-state index in [0.717, 1.165) is 12.1 Å². The SMILES string of the molecule is Cc1c(-c2nc3ncc(Br)cc3o2)cc(F)cc1[N+](=O)[O-]. The minimum absolute atomic E-state index is 0.0932. The van der Waals surface area contributed by atoms with Crippen LogP contribution in [0.3, 0.4) is 0 Å². The number of nitrogens with zero attached hydrogens (tertiary/aromatic N) is 3. The van der Waals surface area contributed by atoms with Gasteiger partial charge in [-0.15, -0.1) is 0 Å². The lowest BCUT2D eigenvalue weighted by Crippen LogP contribution is -1.96. The van der Waals surface area contributed by atoms with Gasteiger partial charge in [0.2, 0.25) is 5.89 Å². The lowest BCUT2D eigenvalue weighted by atomic mass is 10.1. The molecule has 3 aromatic rings. The van der Waals surface area contributed by atoms with Crippen molar-refractivity contribution in [3.8, 4) is 11.5 Å². The van der Waals surface area contributed by atoms with Crippen LogP contribution < -0.4 is 0 Å². The monoisotopic (exact) mass is 351 g/mol. The first-order valence-electron chi connectivity index (χ1n) is 5.82. The van der Waals surface area contributed by atoms with E-state index >= 15 is 0 Å². The first-order chi connectivity index (χ1) is 9.95. The highest BCUT2D eigenvalue weighted by Crippen LogP contribution is 2.32. The summed E-state index contributed by atoms with van der Waals surface area (Å²) in [5.74, 6) is -0.630. The molecule has 6 nitrogen and oxygen atoms in total. The maximum Gasteiger partial charge on any atom is 0.276 e. The van der Waals surface area contributed by atoms with Crippen molar-refractivity contribution in [3.63, 3.8) is 0 Å². The lowest BCUT2D eigenvalue weighted by molar-refractivity contribution is -0.385. The van der Waals surface area contributed by atoms with Crippen molar-refractivity contribution in [2.75, 3.05) is 0 Å². The van der Waals surface area contributed by atoms with Gasteiger partial charge in [0.05, 0.1) is 11.0 Å². The van der Waals surface area contributed by atoms with E-state index in [1.54, 1.807) is 12.3 Å². The first kappa shape index (κ1) is 13.6. The molecule has 0 radical (unpaired) electrons. The molecule has 0 aliphatic rings. The van der Waals surface area contributed by atoms with E-state index in [9.17, 15) is 14.5 Å². The number of rotatable bonds is 2. The Kier molecular flexibility index (Phi) is 3.17. The van der Waals surface area contributed by atoms with Gasteiger partial charge in [0, 0.05) is 27.9 Å². The van der Waals surface area contributed by atoms with Gasteiger partial charge in [-0.3, -0.25) is 10.1 Å². The van der Waals surface area contributed by atoms with E-state index < -0.39 is 10.7 Å². The third kappa shape index (κ3) is 2.38. The first-order valence-corrected chi connectivity index (χ1v) is 6.62. The molecule has 8 heteroatoms. The van der Waals surface area contributed by atoms with Crippen LogP contribution in [0.2, 0.25) is 0 Å². The summed E-state index contributed by atoms with van der Waals surface area (Å²) in [6, 6.07) is 3.69. The van der Waals surface area contributed by atoms with E-state index in [2.05, 4.69) is 25.9 Å². The quantitative estimate of drug-likeness (QED) is 0.514. The van der Waals surface area contributed by atoms with Gasteiger partial charge in [0.1, 0.15) is 5.82 Å². The van der Waals surface area contributed by atoms with E-state index in [4.69, 9.17) is 4.42 Å². The van der Waals surface area contributed by atoms with Crippen LogP contribution >= 0.6 is 15.9 Å². The van der Waals surface area contributed by atoms with Crippen molar-refractivity contribution in [1.29, 1.82) is 0 Å². The minimum atomic E-state index is -0.723. The summed E-state index contributed by atoms with van der Waals surface area (Å²) in [7, 11) is 0. The van der Waals surface area contributed by atoms with Gasteiger partial charge in [-0.1, -0.05) is 0 Å². The largest absolute Gasteiger partial charge is 0.434 e. The highest BCUT2D eigenvalue weighted by molar-refractivity contribution is 9.10. The van der Waals surface area contributed by atoms with E-state index in [1.807, 2.05) is 0 Å². The fourth-order valence-electron chi connectivity index (χ4n) is 1.99. The average Bonchev–Trinajstić information content (AvgIpc) is 2.83. The summed E-state index contributed by atoms with van der Waals surface area (Å²) in [6.07, 6.45) is 1.55. The molecule has 0 N–H and O–H groups in total. The average molecular weight is 352 g/mol. The molecular formula is C13H7BrFN3O3. The topological polar surface area (TPSA) is 82.1 Å². The molecule has 0 saturated carbocycles. The summed E-state index contributed by atoms with van der Waals surface area (Å²) >= 11 is 3.26. The van der Waals surface area contributed by atoms with E-state index in [0.29, 0.717) is 15.7 Å². The highest BCUT2D eigenvalue weighted by atomic mass is 79.9. The van der Waals surface area contributed by atoms with Crippen LogP contribution in [-0.2, 0) is 0 Å². The van der Waals surface area contributed by atoms with Gasteiger partial charge >= 0.3 is 0 Å². The number of oxazole rings is 1. The van der Waals surface area contributed by atoms with Crippen molar-refractivity contribution >= 4 is 32.8 Å². The Hall–Kier alpha value is -2.35. The number of aromatic nitrogens is 2. The molecule has 3 rings (SSSR count). The Morgan fingerprint density at radius 2 is 2.14 bits per heavy atom. The third-order valence-electron chi connectivity index (χ3n) is 2.99. The van der Waals surface area contributed by atoms with Gasteiger partial charge in [-0.25, -0.2) is 9.37 Å². The van der Waals surface area contributed by atoms with Gasteiger partial charge in [-0.05, 0) is 28.9 Å². The van der Waals surface area contributed by atoms with Crippen LogP contribution in [0.15, 0.2) is 33.3 Å². The van der Waals surface area contributed by atoms with Gasteiger partial charge in [-0.2, -0.15) is 4.98 Å². The minimum Gasteiger partial charge on any atom is -0.434 e. The predicted molar refractivity (Wildman–Crippen MR) is 76.3 cm³/mol. The van der Waals surface area contributed by atoms with Gasteiger partial charge < -0.3 is 4.42 Å². The summed E-state index contributed by atoms with van der Waals surface area (Å²) in [5, 5.41) is 10.9. The molecule has 21 heavy (non-hydrogen) atoms. The Bertz CT molecular complexity index is 878. The Labute approximate surface area is 125 Å². The number of benzene rings is 1. The van der Waals surface area contributed by atoms with E-state index in [-0.39, 0.29) is 22.7 Å². The second-order valence-corrected chi connectivity index (χ2v) is 5.26. The standard InChI is InChI=1S/C13H7BrFN3O3/c1-6-9(3-8(15)4-10(6)18(19)20)13-17-12-11(21-13)2-7(14)5-16-12/h2-5H,1H3. The maximum atomic E-state index is 13.6. The fraction of sp³-hybridized carbons (Fsp3) is 0.0769. The number of nitro benzene ring substituents is 1. The molecule has 2 heterocycles. The number of fused-ring (bicyclic) bond motifs is 1. The Morgan fingerprint density at radius 1 is 1.38 bits per heavy atom. The van der Waals surface area contributed by atoms with Crippen molar-refractivity contribution in [2.24, 2.45) is 0 Å². The molecule has 0 saturated heterocycles. The smallest absolute Gasteiger partial charge is 0.276 e. The number of hydrogen-bond donors (Lipinski definition) is 0. The Morgan fingerprint density at radius 3 is 2.86 bits per heavy atom. The molecule has 2 aromatic heterocycles. The van der Waals surface area contributed by atoms with Crippen LogP contribution in [0.25, 0.3) is 22.7 Å². The second kappa shape index (κ2) is 4.88. The van der Waals surface area contributed by atoms with Crippen molar-refractivity contribution in [1.82, 2.24) is 9.97 Å². The third-order valence-corrected chi connectivity index (χ3v) is 3.42. The Balaban J connectivity index is 2.24. The molecule has 0 atom stereocenters. The zero-order valence-electron chi connectivity index (χ0n) is 10.6. The molecule has 106 valence electrons. The van der Waals surface area contributed by atoms with Crippen molar-refractivity contribution in [2.45, 2.75) is 6.92 Å². The molecule has 0 aliphatic carbocycles. The molecule has 0 amide bonds. The van der Waals surface area contributed by atoms with Crippen LogP contribution in [0.1, 0.15) is 5.56 Å². The summed E-state index contributed by atoms with van der Waals surface area (Å²) in [6.45, 7) is 1.52. The van der Waals surface area contributed by atoms with Crippen LogP contribution in [0.5, 0.6) is 0 Å². The summed E-state index contributed by atoms with van der Waals surface area (Å²) in [5.41, 5.74) is 0.953.